The zero-order chi connectivity index (χ0) is 12.5. The van der Waals surface area contributed by atoms with E-state index in [0.29, 0.717) is 0 Å². The van der Waals surface area contributed by atoms with Gasteiger partial charge in [-0.15, -0.1) is 0 Å². The molecule has 0 aliphatic carbocycles. The van der Waals surface area contributed by atoms with Gasteiger partial charge in [-0.1, -0.05) is 18.2 Å². The van der Waals surface area contributed by atoms with Crippen molar-refractivity contribution >= 4 is 11.0 Å². The molecule has 2 aromatic rings. The van der Waals surface area contributed by atoms with Crippen LogP contribution in [0.4, 0.5) is 0 Å². The lowest BCUT2D eigenvalue weighted by atomic mass is 10.1. The summed E-state index contributed by atoms with van der Waals surface area (Å²) < 4.78 is 5.75. The average molecular weight is 231 g/mol. The van der Waals surface area contributed by atoms with Gasteiger partial charge in [0.1, 0.15) is 11.3 Å². The molecule has 2 rings (SSSR count). The van der Waals surface area contributed by atoms with Crippen molar-refractivity contribution in [3.8, 4) is 0 Å². The van der Waals surface area contributed by atoms with Crippen LogP contribution in [0.5, 0.6) is 0 Å². The van der Waals surface area contributed by atoms with Crippen LogP contribution in [0, 0.1) is 6.92 Å². The molecule has 2 nitrogen and oxygen atoms in total. The molecule has 0 amide bonds. The van der Waals surface area contributed by atoms with Gasteiger partial charge < -0.3 is 9.73 Å². The minimum atomic E-state index is 0.174. The lowest BCUT2D eigenvalue weighted by Crippen LogP contribution is -2.37. The van der Waals surface area contributed by atoms with E-state index < -0.39 is 0 Å². The van der Waals surface area contributed by atoms with Crippen LogP contribution < -0.4 is 5.32 Å². The number of hydrogen-bond acceptors (Lipinski definition) is 2. The molecule has 0 unspecified atom stereocenters. The number of para-hydroxylation sites is 1. The molecule has 0 saturated heterocycles. The van der Waals surface area contributed by atoms with Crippen LogP contribution in [0.25, 0.3) is 11.0 Å². The van der Waals surface area contributed by atoms with Crippen molar-refractivity contribution in [2.75, 3.05) is 6.54 Å². The minimum Gasteiger partial charge on any atom is -0.461 e. The van der Waals surface area contributed by atoms with E-state index in [0.717, 1.165) is 24.3 Å². The number of hydrogen-bond donors (Lipinski definition) is 1. The summed E-state index contributed by atoms with van der Waals surface area (Å²) in [6, 6.07) is 8.25. The molecule has 0 aliphatic heterocycles. The van der Waals surface area contributed by atoms with Crippen molar-refractivity contribution in [2.24, 2.45) is 0 Å². The summed E-state index contributed by atoms with van der Waals surface area (Å²) in [6.07, 6.45) is 1.01. The Morgan fingerprint density at radius 3 is 2.59 bits per heavy atom. The normalized spacial score (nSPS) is 12.2. The highest BCUT2D eigenvalue weighted by molar-refractivity contribution is 5.82. The summed E-state index contributed by atoms with van der Waals surface area (Å²) in [5.41, 5.74) is 2.50. The fraction of sp³-hybridized carbons (Fsp3) is 0.467. The number of nitrogens with one attached hydrogen (secondary N) is 1. The molecule has 0 bridgehead atoms. The molecule has 0 spiro atoms. The Kier molecular flexibility index (Phi) is 3.25. The molecule has 0 radical (unpaired) electrons. The Labute approximate surface area is 103 Å². The molecule has 0 atom stereocenters. The highest BCUT2D eigenvalue weighted by Gasteiger charge is 2.12. The minimum absolute atomic E-state index is 0.174. The van der Waals surface area contributed by atoms with Gasteiger partial charge in [0.2, 0.25) is 0 Å². The van der Waals surface area contributed by atoms with Crippen molar-refractivity contribution in [2.45, 2.75) is 39.7 Å². The third-order valence-electron chi connectivity index (χ3n) is 2.93. The molecule has 0 saturated carbocycles. The maximum absolute atomic E-state index is 5.75. The number of furan rings is 1. The largest absolute Gasteiger partial charge is 0.461 e. The van der Waals surface area contributed by atoms with E-state index in [-0.39, 0.29) is 5.54 Å². The first kappa shape index (κ1) is 12.2. The SMILES string of the molecule is Cc1oc2ccccc2c1CCNC(C)(C)C. The third-order valence-corrected chi connectivity index (χ3v) is 2.93. The average Bonchev–Trinajstić information content (AvgIpc) is 2.54. The van der Waals surface area contributed by atoms with Crippen LogP contribution in [0.3, 0.4) is 0 Å². The fourth-order valence-electron chi connectivity index (χ4n) is 2.09. The van der Waals surface area contributed by atoms with Gasteiger partial charge in [-0.05, 0) is 46.7 Å². The molecular formula is C15H21NO. The van der Waals surface area contributed by atoms with Crippen LogP contribution in [0.2, 0.25) is 0 Å². The van der Waals surface area contributed by atoms with Gasteiger partial charge in [0.15, 0.2) is 0 Å². The summed E-state index contributed by atoms with van der Waals surface area (Å²) in [7, 11) is 0. The highest BCUT2D eigenvalue weighted by atomic mass is 16.3. The summed E-state index contributed by atoms with van der Waals surface area (Å²) in [5, 5.41) is 4.76. The van der Waals surface area contributed by atoms with Crippen molar-refractivity contribution in [3.63, 3.8) is 0 Å². The Morgan fingerprint density at radius 1 is 1.18 bits per heavy atom. The van der Waals surface area contributed by atoms with Crippen molar-refractivity contribution in [1.29, 1.82) is 0 Å². The lowest BCUT2D eigenvalue weighted by Gasteiger charge is -2.20. The first-order chi connectivity index (χ1) is 7.97. The zero-order valence-corrected chi connectivity index (χ0v) is 11.1. The van der Waals surface area contributed by atoms with Gasteiger partial charge in [0.05, 0.1) is 0 Å². The van der Waals surface area contributed by atoms with Crippen LogP contribution in [0.15, 0.2) is 28.7 Å². The number of fused-ring (bicyclic) bond motifs is 1. The predicted octanol–water partition coefficient (Wildman–Crippen LogP) is 3.67. The molecule has 92 valence electrons. The first-order valence-electron chi connectivity index (χ1n) is 6.19. The number of benzene rings is 1. The Morgan fingerprint density at radius 2 is 1.88 bits per heavy atom. The van der Waals surface area contributed by atoms with Gasteiger partial charge in [-0.2, -0.15) is 0 Å². The zero-order valence-electron chi connectivity index (χ0n) is 11.1. The molecule has 1 aromatic heterocycles. The van der Waals surface area contributed by atoms with Gasteiger partial charge in [-0.3, -0.25) is 0 Å². The fourth-order valence-corrected chi connectivity index (χ4v) is 2.09. The topological polar surface area (TPSA) is 25.2 Å². The molecule has 1 heterocycles. The summed E-state index contributed by atoms with van der Waals surface area (Å²) >= 11 is 0. The smallest absolute Gasteiger partial charge is 0.134 e. The van der Waals surface area contributed by atoms with Crippen molar-refractivity contribution < 1.29 is 4.42 Å². The van der Waals surface area contributed by atoms with Crippen molar-refractivity contribution in [3.05, 3.63) is 35.6 Å². The van der Waals surface area contributed by atoms with Crippen LogP contribution in [-0.2, 0) is 6.42 Å². The Balaban J connectivity index is 2.15. The van der Waals surface area contributed by atoms with E-state index in [4.69, 9.17) is 4.42 Å². The summed E-state index contributed by atoms with van der Waals surface area (Å²) in [5.74, 6) is 1.04. The van der Waals surface area contributed by atoms with Gasteiger partial charge in [0.25, 0.3) is 0 Å². The third kappa shape index (κ3) is 2.89. The predicted molar refractivity (Wildman–Crippen MR) is 72.4 cm³/mol. The standard InChI is InChI=1S/C15H21NO/c1-11-12(9-10-16-15(2,3)4)13-7-5-6-8-14(13)17-11/h5-8,16H,9-10H2,1-4H3. The van der Waals surface area contributed by atoms with E-state index in [1.807, 2.05) is 19.1 Å². The van der Waals surface area contributed by atoms with Crippen LogP contribution >= 0.6 is 0 Å². The molecule has 2 heteroatoms. The monoisotopic (exact) mass is 231 g/mol. The first-order valence-corrected chi connectivity index (χ1v) is 6.19. The Bertz CT molecular complexity index is 505. The number of rotatable bonds is 3. The molecule has 0 fully saturated rings. The van der Waals surface area contributed by atoms with Gasteiger partial charge in [0, 0.05) is 16.5 Å². The lowest BCUT2D eigenvalue weighted by molar-refractivity contribution is 0.428. The Hall–Kier alpha value is -1.28. The molecule has 1 N–H and O–H groups in total. The van der Waals surface area contributed by atoms with E-state index in [1.165, 1.54) is 10.9 Å². The van der Waals surface area contributed by atoms with E-state index in [9.17, 15) is 0 Å². The quantitative estimate of drug-likeness (QED) is 0.872. The van der Waals surface area contributed by atoms with Crippen LogP contribution in [-0.4, -0.2) is 12.1 Å². The van der Waals surface area contributed by atoms with Crippen molar-refractivity contribution in [1.82, 2.24) is 5.32 Å². The molecule has 17 heavy (non-hydrogen) atoms. The highest BCUT2D eigenvalue weighted by Crippen LogP contribution is 2.25. The summed E-state index contributed by atoms with van der Waals surface area (Å²) in [4.78, 5) is 0. The molecular weight excluding hydrogens is 210 g/mol. The van der Waals surface area contributed by atoms with Gasteiger partial charge in [-0.25, -0.2) is 0 Å². The van der Waals surface area contributed by atoms with Gasteiger partial charge >= 0.3 is 0 Å². The molecule has 1 aromatic carbocycles. The maximum atomic E-state index is 5.75. The second-order valence-electron chi connectivity index (χ2n) is 5.56. The second-order valence-corrected chi connectivity index (χ2v) is 5.56. The van der Waals surface area contributed by atoms with Crippen LogP contribution in [0.1, 0.15) is 32.1 Å². The summed E-state index contributed by atoms with van der Waals surface area (Å²) in [6.45, 7) is 9.59. The second kappa shape index (κ2) is 4.53. The molecule has 0 aliphatic rings. The van der Waals surface area contributed by atoms with E-state index in [1.54, 1.807) is 0 Å². The van der Waals surface area contributed by atoms with E-state index in [2.05, 4.69) is 38.2 Å². The maximum Gasteiger partial charge on any atom is 0.134 e. The van der Waals surface area contributed by atoms with E-state index >= 15 is 0 Å². The number of aryl methyl sites for hydroxylation is 1.